The van der Waals surface area contributed by atoms with E-state index >= 15 is 0 Å². The molecule has 0 radical (unpaired) electrons. The molecule has 2 aliphatic heterocycles. The van der Waals surface area contributed by atoms with Crippen molar-refractivity contribution in [2.24, 2.45) is 0 Å². The van der Waals surface area contributed by atoms with Crippen molar-refractivity contribution in [3.05, 3.63) is 70.4 Å². The lowest BCUT2D eigenvalue weighted by Crippen LogP contribution is -2.57. The zero-order valence-electron chi connectivity index (χ0n) is 21.3. The number of anilines is 1. The molecule has 1 N–H and O–H groups in total. The minimum absolute atomic E-state index is 0.0222. The average Bonchev–Trinajstić information content (AvgIpc) is 3.41. The molecule has 0 unspecified atom stereocenters. The van der Waals surface area contributed by atoms with E-state index in [1.165, 1.54) is 42.2 Å². The van der Waals surface area contributed by atoms with Crippen molar-refractivity contribution < 1.29 is 27.5 Å². The summed E-state index contributed by atoms with van der Waals surface area (Å²) >= 11 is 0. The van der Waals surface area contributed by atoms with Gasteiger partial charge in [-0.1, -0.05) is 18.2 Å². The summed E-state index contributed by atoms with van der Waals surface area (Å²) in [6.45, 7) is 0.592. The summed E-state index contributed by atoms with van der Waals surface area (Å²) in [7, 11) is -3.98. The number of nitrogens with zero attached hydrogens (tertiary/aromatic N) is 5. The monoisotopic (exact) mass is 551 g/mol. The molecule has 2 aromatic rings. The second kappa shape index (κ2) is 10.8. The molecule has 10 nitrogen and oxygen atoms in total. The molecule has 4 rings (SSSR count). The van der Waals surface area contributed by atoms with Gasteiger partial charge in [0.15, 0.2) is 9.84 Å². The van der Waals surface area contributed by atoms with Crippen LogP contribution in [-0.4, -0.2) is 60.8 Å². The van der Waals surface area contributed by atoms with Crippen molar-refractivity contribution in [2.45, 2.75) is 43.4 Å². The van der Waals surface area contributed by atoms with E-state index in [4.69, 9.17) is 0 Å². The highest BCUT2D eigenvalue weighted by Gasteiger charge is 2.47. The Morgan fingerprint density at radius 1 is 1.18 bits per heavy atom. The number of likely N-dealkylation sites (tertiary alicyclic amines) is 1. The molecule has 1 saturated heterocycles. The van der Waals surface area contributed by atoms with Gasteiger partial charge in [0.2, 0.25) is 0 Å². The summed E-state index contributed by atoms with van der Waals surface area (Å²) in [6, 6.07) is 10.1. The van der Waals surface area contributed by atoms with Gasteiger partial charge in [0.1, 0.15) is 12.7 Å². The fourth-order valence-electron chi connectivity index (χ4n) is 5.09. The largest absolute Gasteiger partial charge is 0.394 e. The number of carbonyl (C=O) groups is 2. The minimum atomic E-state index is -3.98. The Bertz CT molecular complexity index is 1560. The number of carbonyl (C=O) groups excluding carboxylic acids is 2. The number of urea groups is 2. The minimum Gasteiger partial charge on any atom is -0.394 e. The third kappa shape index (κ3) is 4.97. The van der Waals surface area contributed by atoms with E-state index in [1.54, 1.807) is 6.07 Å². The highest BCUT2D eigenvalue weighted by atomic mass is 32.2. The summed E-state index contributed by atoms with van der Waals surface area (Å²) in [6.07, 6.45) is 2.02. The SMILES string of the molecule is CC1=C(C#N)[C@@H](c2ccc(C#N)cc2S(C)(=O)=O)N(C(=O)N2CCC[C@H]2CO)C(=O)N1c1cccc(CF)c1. The van der Waals surface area contributed by atoms with Gasteiger partial charge in [0, 0.05) is 18.5 Å². The first-order valence-electron chi connectivity index (χ1n) is 12.1. The van der Waals surface area contributed by atoms with E-state index in [0.717, 1.165) is 22.1 Å². The van der Waals surface area contributed by atoms with E-state index in [0.29, 0.717) is 12.8 Å². The van der Waals surface area contributed by atoms with Crippen LogP contribution in [0.25, 0.3) is 0 Å². The summed E-state index contributed by atoms with van der Waals surface area (Å²) in [4.78, 5) is 31.2. The fourth-order valence-corrected chi connectivity index (χ4v) is 6.04. The Kier molecular flexibility index (Phi) is 7.72. The topological polar surface area (TPSA) is 146 Å². The van der Waals surface area contributed by atoms with Gasteiger partial charge in [0.05, 0.1) is 46.5 Å². The van der Waals surface area contributed by atoms with Crippen LogP contribution < -0.4 is 4.90 Å². The molecule has 12 heteroatoms. The molecule has 0 spiro atoms. The standard InChI is InChI=1S/C27H26FN5O5S/c1-17-23(15-30)25(22-9-8-19(14-29)12-24(22)39(2,37)38)33(26(35)31-10-4-7-21(31)16-34)27(36)32(17)20-6-3-5-18(11-20)13-28/h3,5-6,8-9,11-12,21,25,34H,4,7,10,13,16H2,1-2H3/t21-,25+/m0/s1. The molecular weight excluding hydrogens is 525 g/mol. The van der Waals surface area contributed by atoms with Crippen LogP contribution in [0.3, 0.4) is 0 Å². The van der Waals surface area contributed by atoms with Crippen molar-refractivity contribution >= 4 is 27.6 Å². The van der Waals surface area contributed by atoms with Crippen molar-refractivity contribution in [3.63, 3.8) is 0 Å². The first kappa shape index (κ1) is 27.8. The third-order valence-electron chi connectivity index (χ3n) is 6.97. The lowest BCUT2D eigenvalue weighted by molar-refractivity contribution is 0.122. The lowest BCUT2D eigenvalue weighted by Gasteiger charge is -2.43. The number of aliphatic hydroxyl groups excluding tert-OH is 1. The molecule has 202 valence electrons. The predicted octanol–water partition coefficient (Wildman–Crippen LogP) is 3.79. The molecule has 2 atom stereocenters. The van der Waals surface area contributed by atoms with Crippen LogP contribution in [0.4, 0.5) is 19.7 Å². The number of sulfone groups is 1. The summed E-state index contributed by atoms with van der Waals surface area (Å²) in [5, 5.41) is 29.5. The Hall–Kier alpha value is -4.26. The molecule has 0 aliphatic carbocycles. The van der Waals surface area contributed by atoms with E-state index in [2.05, 4.69) is 0 Å². The van der Waals surface area contributed by atoms with Crippen LogP contribution >= 0.6 is 0 Å². The second-order valence-corrected chi connectivity index (χ2v) is 11.4. The Labute approximate surface area is 225 Å². The highest BCUT2D eigenvalue weighted by molar-refractivity contribution is 7.90. The summed E-state index contributed by atoms with van der Waals surface area (Å²) in [5.74, 6) is 0. The van der Waals surface area contributed by atoms with Crippen LogP contribution in [0, 0.1) is 22.7 Å². The third-order valence-corrected chi connectivity index (χ3v) is 8.13. The van der Waals surface area contributed by atoms with Gasteiger partial charge in [-0.05, 0) is 55.2 Å². The smallest absolute Gasteiger partial charge is 0.337 e. The van der Waals surface area contributed by atoms with Crippen LogP contribution in [0.15, 0.2) is 58.6 Å². The maximum atomic E-state index is 14.2. The van der Waals surface area contributed by atoms with Gasteiger partial charge in [-0.2, -0.15) is 10.5 Å². The zero-order chi connectivity index (χ0) is 28.5. The second-order valence-electron chi connectivity index (χ2n) is 9.40. The van der Waals surface area contributed by atoms with E-state index < -0.39 is 40.7 Å². The normalized spacial score (nSPS) is 19.7. The number of nitriles is 2. The number of alkyl halides is 1. The van der Waals surface area contributed by atoms with Crippen molar-refractivity contribution in [2.75, 3.05) is 24.3 Å². The van der Waals surface area contributed by atoms with Crippen molar-refractivity contribution in [1.82, 2.24) is 9.80 Å². The maximum Gasteiger partial charge on any atom is 0.337 e. The number of benzene rings is 2. The molecule has 2 aliphatic rings. The van der Waals surface area contributed by atoms with Gasteiger partial charge in [-0.15, -0.1) is 0 Å². The van der Waals surface area contributed by atoms with Gasteiger partial charge in [0.25, 0.3) is 0 Å². The van der Waals surface area contributed by atoms with Gasteiger partial charge in [-0.3, -0.25) is 4.90 Å². The molecule has 0 saturated carbocycles. The van der Waals surface area contributed by atoms with E-state index in [-0.39, 0.29) is 51.7 Å². The molecule has 1 fully saturated rings. The van der Waals surface area contributed by atoms with Gasteiger partial charge in [-0.25, -0.2) is 27.3 Å². The average molecular weight is 552 g/mol. The number of aliphatic hydroxyl groups is 1. The molecule has 4 amide bonds. The predicted molar refractivity (Wildman–Crippen MR) is 138 cm³/mol. The van der Waals surface area contributed by atoms with Gasteiger partial charge >= 0.3 is 12.1 Å². The Balaban J connectivity index is 2.01. The molecule has 39 heavy (non-hydrogen) atoms. The molecular formula is C27H26FN5O5S. The first-order chi connectivity index (χ1) is 18.6. The van der Waals surface area contributed by atoms with Crippen LogP contribution in [0.5, 0.6) is 0 Å². The number of allylic oxidation sites excluding steroid dienone is 1. The maximum absolute atomic E-state index is 14.2. The van der Waals surface area contributed by atoms with E-state index in [9.17, 15) is 38.0 Å². The number of hydrogen-bond acceptors (Lipinski definition) is 7. The zero-order valence-corrected chi connectivity index (χ0v) is 22.2. The fraction of sp³-hybridized carbons (Fsp3) is 0.333. The number of hydrogen-bond donors (Lipinski definition) is 1. The number of imide groups is 1. The van der Waals surface area contributed by atoms with Crippen LogP contribution in [0.2, 0.25) is 0 Å². The summed E-state index contributed by atoms with van der Waals surface area (Å²) < 4.78 is 39.1. The molecule has 2 heterocycles. The highest BCUT2D eigenvalue weighted by Crippen LogP contribution is 2.42. The molecule has 0 aromatic heterocycles. The van der Waals surface area contributed by atoms with E-state index in [1.807, 2.05) is 12.1 Å². The Morgan fingerprint density at radius 3 is 2.54 bits per heavy atom. The van der Waals surface area contributed by atoms with Gasteiger partial charge < -0.3 is 10.0 Å². The number of rotatable bonds is 5. The van der Waals surface area contributed by atoms with Crippen LogP contribution in [-0.2, 0) is 16.5 Å². The van der Waals surface area contributed by atoms with Crippen LogP contribution in [0.1, 0.15) is 42.5 Å². The van der Waals surface area contributed by atoms with Crippen molar-refractivity contribution in [3.8, 4) is 12.1 Å². The first-order valence-corrected chi connectivity index (χ1v) is 14.0. The molecule has 0 bridgehead atoms. The number of amides is 4. The summed E-state index contributed by atoms with van der Waals surface area (Å²) in [5.41, 5.74) is 0.575. The number of halogens is 1. The van der Waals surface area contributed by atoms with Crippen molar-refractivity contribution in [1.29, 1.82) is 10.5 Å². The molecule has 2 aromatic carbocycles. The lowest BCUT2D eigenvalue weighted by atomic mass is 9.93. The Morgan fingerprint density at radius 2 is 1.92 bits per heavy atom. The quantitative estimate of drug-likeness (QED) is 0.595.